The smallest absolute Gasteiger partial charge is 0.325 e. The van der Waals surface area contributed by atoms with Gasteiger partial charge in [-0.05, 0) is 30.5 Å². The van der Waals surface area contributed by atoms with E-state index in [-0.39, 0.29) is 19.2 Å². The first-order chi connectivity index (χ1) is 13.6. The van der Waals surface area contributed by atoms with Crippen molar-refractivity contribution in [2.75, 3.05) is 18.7 Å². The van der Waals surface area contributed by atoms with Crippen LogP contribution in [0.4, 0.5) is 10.5 Å². The summed E-state index contributed by atoms with van der Waals surface area (Å²) in [6, 6.07) is 13.5. The van der Waals surface area contributed by atoms with E-state index in [2.05, 4.69) is 10.6 Å². The normalized spacial score (nSPS) is 17.6. The molecular formula is C20H19N3O5. The van der Waals surface area contributed by atoms with Gasteiger partial charge in [-0.25, -0.2) is 4.79 Å². The van der Waals surface area contributed by atoms with Crippen LogP contribution in [-0.4, -0.2) is 42.1 Å². The van der Waals surface area contributed by atoms with E-state index in [1.54, 1.807) is 18.2 Å². The Hall–Kier alpha value is -3.55. The van der Waals surface area contributed by atoms with Gasteiger partial charge in [0.25, 0.3) is 5.91 Å². The zero-order valence-electron chi connectivity index (χ0n) is 15.0. The summed E-state index contributed by atoms with van der Waals surface area (Å²) >= 11 is 0. The van der Waals surface area contributed by atoms with Crippen molar-refractivity contribution >= 4 is 23.5 Å². The first kappa shape index (κ1) is 17.8. The lowest BCUT2D eigenvalue weighted by Gasteiger charge is -2.13. The number of aryl methyl sites for hydroxylation is 1. The zero-order chi connectivity index (χ0) is 19.5. The Labute approximate surface area is 161 Å². The van der Waals surface area contributed by atoms with Crippen molar-refractivity contribution in [3.8, 4) is 11.5 Å². The van der Waals surface area contributed by atoms with E-state index in [0.29, 0.717) is 30.0 Å². The summed E-state index contributed by atoms with van der Waals surface area (Å²) in [7, 11) is 0. The third kappa shape index (κ3) is 3.75. The van der Waals surface area contributed by atoms with Crippen LogP contribution in [-0.2, 0) is 16.0 Å². The Morgan fingerprint density at radius 1 is 1.11 bits per heavy atom. The summed E-state index contributed by atoms with van der Waals surface area (Å²) in [5.74, 6) is 0.287. The van der Waals surface area contributed by atoms with Crippen LogP contribution < -0.4 is 20.1 Å². The molecule has 0 saturated carbocycles. The maximum atomic E-state index is 12.5. The maximum absolute atomic E-state index is 12.5. The summed E-state index contributed by atoms with van der Waals surface area (Å²) in [4.78, 5) is 37.9. The van der Waals surface area contributed by atoms with Gasteiger partial charge in [-0.2, -0.15) is 0 Å². The zero-order valence-corrected chi connectivity index (χ0v) is 15.0. The highest BCUT2D eigenvalue weighted by Gasteiger charge is 2.38. The van der Waals surface area contributed by atoms with E-state index in [0.717, 1.165) is 10.5 Å². The molecule has 2 aliphatic heterocycles. The molecule has 2 heterocycles. The third-order valence-electron chi connectivity index (χ3n) is 4.63. The summed E-state index contributed by atoms with van der Waals surface area (Å²) in [6.45, 7) is -0.208. The second kappa shape index (κ2) is 7.59. The molecule has 28 heavy (non-hydrogen) atoms. The van der Waals surface area contributed by atoms with Crippen LogP contribution in [0.25, 0.3) is 0 Å². The van der Waals surface area contributed by atoms with E-state index in [1.807, 2.05) is 30.3 Å². The molecule has 2 aliphatic rings. The third-order valence-corrected chi connectivity index (χ3v) is 4.63. The topological polar surface area (TPSA) is 97.0 Å². The van der Waals surface area contributed by atoms with Gasteiger partial charge in [-0.3, -0.25) is 14.5 Å². The molecule has 0 aliphatic carbocycles. The predicted octanol–water partition coefficient (Wildman–Crippen LogP) is 1.91. The Morgan fingerprint density at radius 2 is 1.89 bits per heavy atom. The van der Waals surface area contributed by atoms with Gasteiger partial charge in [-0.15, -0.1) is 0 Å². The van der Waals surface area contributed by atoms with Gasteiger partial charge in [0.1, 0.15) is 12.6 Å². The van der Waals surface area contributed by atoms with Gasteiger partial charge in [0, 0.05) is 11.8 Å². The van der Waals surface area contributed by atoms with Gasteiger partial charge in [0.15, 0.2) is 11.5 Å². The van der Waals surface area contributed by atoms with Crippen molar-refractivity contribution in [1.82, 2.24) is 10.2 Å². The molecule has 0 bridgehead atoms. The molecule has 8 heteroatoms. The molecule has 1 saturated heterocycles. The van der Waals surface area contributed by atoms with Crippen molar-refractivity contribution in [3.63, 3.8) is 0 Å². The highest BCUT2D eigenvalue weighted by atomic mass is 16.7. The molecule has 2 aromatic carbocycles. The number of ether oxygens (including phenoxy) is 2. The van der Waals surface area contributed by atoms with Crippen LogP contribution >= 0.6 is 0 Å². The molecular weight excluding hydrogens is 362 g/mol. The number of fused-ring (bicyclic) bond motifs is 1. The van der Waals surface area contributed by atoms with Crippen molar-refractivity contribution in [3.05, 3.63) is 54.1 Å². The van der Waals surface area contributed by atoms with Crippen molar-refractivity contribution in [1.29, 1.82) is 0 Å². The first-order valence-corrected chi connectivity index (χ1v) is 8.95. The second-order valence-corrected chi connectivity index (χ2v) is 6.57. The summed E-state index contributed by atoms with van der Waals surface area (Å²) in [5.41, 5.74) is 1.59. The molecule has 0 aromatic heterocycles. The molecule has 4 amide bonds. The highest BCUT2D eigenvalue weighted by Crippen LogP contribution is 2.34. The Bertz CT molecular complexity index is 915. The van der Waals surface area contributed by atoms with Crippen LogP contribution in [0.1, 0.15) is 12.0 Å². The Kier molecular flexibility index (Phi) is 4.84. The van der Waals surface area contributed by atoms with E-state index < -0.39 is 18.0 Å². The number of hydrogen-bond donors (Lipinski definition) is 2. The van der Waals surface area contributed by atoms with Crippen LogP contribution in [0.3, 0.4) is 0 Å². The molecule has 1 unspecified atom stereocenters. The summed E-state index contributed by atoms with van der Waals surface area (Å²) < 4.78 is 10.5. The van der Waals surface area contributed by atoms with Crippen LogP contribution in [0.15, 0.2) is 48.5 Å². The standard InChI is InChI=1S/C20H19N3O5/c24-18(21-14-7-9-16-17(10-14)28-12-27-16)11-23-19(25)15(22-20(23)26)8-6-13-4-2-1-3-5-13/h1-5,7,9-10,15H,6,8,11-12H2,(H,21,24)(H,22,26). The van der Waals surface area contributed by atoms with E-state index in [1.165, 1.54) is 0 Å². The minimum absolute atomic E-state index is 0.138. The number of imide groups is 1. The van der Waals surface area contributed by atoms with E-state index in [9.17, 15) is 14.4 Å². The summed E-state index contributed by atoms with van der Waals surface area (Å²) in [6.07, 6.45) is 1.14. The van der Waals surface area contributed by atoms with Crippen LogP contribution in [0.5, 0.6) is 11.5 Å². The molecule has 8 nitrogen and oxygen atoms in total. The first-order valence-electron chi connectivity index (χ1n) is 8.95. The van der Waals surface area contributed by atoms with Crippen molar-refractivity contribution in [2.24, 2.45) is 0 Å². The number of rotatable bonds is 6. The summed E-state index contributed by atoms with van der Waals surface area (Å²) in [5, 5.41) is 5.31. The molecule has 0 radical (unpaired) electrons. The fourth-order valence-electron chi connectivity index (χ4n) is 3.20. The molecule has 4 rings (SSSR count). The van der Waals surface area contributed by atoms with Gasteiger partial charge >= 0.3 is 6.03 Å². The Morgan fingerprint density at radius 3 is 2.71 bits per heavy atom. The monoisotopic (exact) mass is 381 g/mol. The van der Waals surface area contributed by atoms with Gasteiger partial charge < -0.3 is 20.1 Å². The number of hydrogen-bond acceptors (Lipinski definition) is 5. The van der Waals surface area contributed by atoms with Crippen LogP contribution in [0, 0.1) is 0 Å². The number of benzene rings is 2. The number of carbonyl (C=O) groups excluding carboxylic acids is 3. The molecule has 2 aromatic rings. The Balaban J connectivity index is 1.33. The number of nitrogens with zero attached hydrogens (tertiary/aromatic N) is 1. The lowest BCUT2D eigenvalue weighted by molar-refractivity contribution is -0.130. The van der Waals surface area contributed by atoms with E-state index >= 15 is 0 Å². The number of anilines is 1. The average molecular weight is 381 g/mol. The number of amides is 4. The maximum Gasteiger partial charge on any atom is 0.325 e. The number of urea groups is 1. The predicted molar refractivity (Wildman–Crippen MR) is 100.0 cm³/mol. The minimum Gasteiger partial charge on any atom is -0.454 e. The number of carbonyl (C=O) groups is 3. The molecule has 1 fully saturated rings. The molecule has 0 spiro atoms. The molecule has 144 valence electrons. The van der Waals surface area contributed by atoms with Crippen LogP contribution in [0.2, 0.25) is 0 Å². The fourth-order valence-corrected chi connectivity index (χ4v) is 3.20. The van der Waals surface area contributed by atoms with Crippen molar-refractivity contribution in [2.45, 2.75) is 18.9 Å². The van der Waals surface area contributed by atoms with E-state index in [4.69, 9.17) is 9.47 Å². The average Bonchev–Trinajstić information content (AvgIpc) is 3.26. The van der Waals surface area contributed by atoms with Gasteiger partial charge in [-0.1, -0.05) is 30.3 Å². The molecule has 2 N–H and O–H groups in total. The fraction of sp³-hybridized carbons (Fsp3) is 0.250. The lowest BCUT2D eigenvalue weighted by atomic mass is 10.1. The highest BCUT2D eigenvalue weighted by molar-refractivity contribution is 6.07. The molecule has 1 atom stereocenters. The largest absolute Gasteiger partial charge is 0.454 e. The van der Waals surface area contributed by atoms with Crippen molar-refractivity contribution < 1.29 is 23.9 Å². The lowest BCUT2D eigenvalue weighted by Crippen LogP contribution is -2.38. The quantitative estimate of drug-likeness (QED) is 0.745. The number of nitrogens with one attached hydrogen (secondary N) is 2. The second-order valence-electron chi connectivity index (χ2n) is 6.57. The SMILES string of the molecule is O=C(CN1C(=O)NC(CCc2ccccc2)C1=O)Nc1ccc2c(c1)OCO2. The van der Waals surface area contributed by atoms with Gasteiger partial charge in [0.2, 0.25) is 12.7 Å². The van der Waals surface area contributed by atoms with Gasteiger partial charge in [0.05, 0.1) is 0 Å². The minimum atomic E-state index is -0.619.